The Kier molecular flexibility index (Phi) is 8.26. The summed E-state index contributed by atoms with van der Waals surface area (Å²) in [5.41, 5.74) is 0. The van der Waals surface area contributed by atoms with Crippen LogP contribution in [0.1, 0.15) is 53.4 Å². The van der Waals surface area contributed by atoms with Crippen LogP contribution in [0.2, 0.25) is 0 Å². The van der Waals surface area contributed by atoms with Crippen molar-refractivity contribution in [1.82, 2.24) is 5.32 Å². The molecule has 96 valence electrons. The molecule has 2 N–H and O–H groups in total. The average Bonchev–Trinajstić information content (AvgIpc) is 2.15. The highest BCUT2D eigenvalue weighted by Crippen LogP contribution is 2.10. The number of amides is 1. The molecule has 1 amide bonds. The minimum atomic E-state index is -0.180. The third-order valence-corrected chi connectivity index (χ3v) is 2.53. The second-order valence-electron chi connectivity index (χ2n) is 5.22. The molecule has 3 nitrogen and oxygen atoms in total. The van der Waals surface area contributed by atoms with Crippen LogP contribution in [-0.4, -0.2) is 23.7 Å². The Labute approximate surface area is 99.6 Å². The van der Waals surface area contributed by atoms with Crippen molar-refractivity contribution in [2.75, 3.05) is 6.54 Å². The number of aliphatic hydroxyl groups excluding tert-OH is 1. The van der Waals surface area contributed by atoms with Gasteiger partial charge in [0.25, 0.3) is 0 Å². The van der Waals surface area contributed by atoms with Crippen molar-refractivity contribution in [1.29, 1.82) is 0 Å². The smallest absolute Gasteiger partial charge is 0.222 e. The minimum Gasteiger partial charge on any atom is -0.393 e. The van der Waals surface area contributed by atoms with E-state index in [1.165, 1.54) is 0 Å². The lowest BCUT2D eigenvalue weighted by Crippen LogP contribution is -2.28. The van der Waals surface area contributed by atoms with Crippen molar-refractivity contribution in [3.8, 4) is 0 Å². The van der Waals surface area contributed by atoms with Crippen LogP contribution < -0.4 is 5.32 Å². The predicted molar refractivity (Wildman–Crippen MR) is 67.2 cm³/mol. The van der Waals surface area contributed by atoms with Crippen LogP contribution in [0.5, 0.6) is 0 Å². The van der Waals surface area contributed by atoms with Crippen LogP contribution in [0.3, 0.4) is 0 Å². The Morgan fingerprint density at radius 2 is 1.81 bits per heavy atom. The molecule has 0 spiro atoms. The Morgan fingerprint density at radius 3 is 2.31 bits per heavy atom. The molecule has 0 saturated heterocycles. The number of hydrogen-bond acceptors (Lipinski definition) is 2. The second kappa shape index (κ2) is 8.57. The first-order valence-corrected chi connectivity index (χ1v) is 6.39. The molecule has 0 fully saturated rings. The molecule has 0 aromatic carbocycles. The van der Waals surface area contributed by atoms with Crippen LogP contribution in [0.15, 0.2) is 0 Å². The lowest BCUT2D eigenvalue weighted by molar-refractivity contribution is -0.123. The van der Waals surface area contributed by atoms with E-state index in [0.29, 0.717) is 5.92 Å². The topological polar surface area (TPSA) is 49.3 Å². The first-order chi connectivity index (χ1) is 7.43. The summed E-state index contributed by atoms with van der Waals surface area (Å²) in [6.45, 7) is 8.74. The van der Waals surface area contributed by atoms with Crippen LogP contribution in [0.4, 0.5) is 0 Å². The Bertz CT molecular complexity index is 190. The second-order valence-corrected chi connectivity index (χ2v) is 5.22. The van der Waals surface area contributed by atoms with Gasteiger partial charge in [-0.05, 0) is 31.6 Å². The zero-order valence-corrected chi connectivity index (χ0v) is 11.1. The maximum atomic E-state index is 11.2. The van der Waals surface area contributed by atoms with Gasteiger partial charge in [0, 0.05) is 12.5 Å². The van der Waals surface area contributed by atoms with Crippen molar-refractivity contribution < 1.29 is 9.90 Å². The molecule has 0 heterocycles. The molecule has 1 atom stereocenters. The zero-order chi connectivity index (χ0) is 12.6. The van der Waals surface area contributed by atoms with Gasteiger partial charge in [-0.25, -0.2) is 0 Å². The van der Waals surface area contributed by atoms with Crippen LogP contribution in [0, 0.1) is 11.8 Å². The first-order valence-electron chi connectivity index (χ1n) is 6.39. The van der Waals surface area contributed by atoms with E-state index in [1.54, 1.807) is 0 Å². The first kappa shape index (κ1) is 15.4. The summed E-state index contributed by atoms with van der Waals surface area (Å²) in [7, 11) is 0. The van der Waals surface area contributed by atoms with Crippen molar-refractivity contribution >= 4 is 5.91 Å². The summed E-state index contributed by atoms with van der Waals surface area (Å²) in [5.74, 6) is 0.727. The van der Waals surface area contributed by atoms with Gasteiger partial charge in [-0.15, -0.1) is 0 Å². The highest BCUT2D eigenvalue weighted by atomic mass is 16.3. The molecule has 0 rings (SSSR count). The van der Waals surface area contributed by atoms with E-state index in [0.717, 1.165) is 32.2 Å². The quantitative estimate of drug-likeness (QED) is 0.628. The fourth-order valence-corrected chi connectivity index (χ4v) is 1.58. The Morgan fingerprint density at radius 1 is 1.19 bits per heavy atom. The molecule has 0 radical (unpaired) electrons. The van der Waals surface area contributed by atoms with Crippen LogP contribution >= 0.6 is 0 Å². The van der Waals surface area contributed by atoms with Gasteiger partial charge in [0.2, 0.25) is 5.91 Å². The monoisotopic (exact) mass is 229 g/mol. The Hall–Kier alpha value is -0.570. The molecule has 0 aromatic rings. The molecule has 0 aliphatic carbocycles. The number of nitrogens with one attached hydrogen (secondary N) is 1. The van der Waals surface area contributed by atoms with Crippen molar-refractivity contribution in [3.63, 3.8) is 0 Å². The molecule has 0 aromatic heterocycles. The molecule has 1 unspecified atom stereocenters. The fourth-order valence-electron chi connectivity index (χ4n) is 1.58. The number of carbonyl (C=O) groups excluding carboxylic acids is 1. The van der Waals surface area contributed by atoms with Gasteiger partial charge in [-0.3, -0.25) is 4.79 Å². The number of rotatable bonds is 8. The molecule has 0 aliphatic heterocycles. The largest absolute Gasteiger partial charge is 0.393 e. The molecule has 0 saturated carbocycles. The minimum absolute atomic E-state index is 0.0616. The summed E-state index contributed by atoms with van der Waals surface area (Å²) in [5, 5.41) is 12.5. The predicted octanol–water partition coefficient (Wildman–Crippen LogP) is 2.34. The molecular formula is C13H27NO2. The van der Waals surface area contributed by atoms with E-state index in [1.807, 2.05) is 13.8 Å². The van der Waals surface area contributed by atoms with Gasteiger partial charge in [-0.1, -0.05) is 27.7 Å². The molecule has 3 heteroatoms. The summed E-state index contributed by atoms with van der Waals surface area (Å²) in [6.07, 6.45) is 3.47. The van der Waals surface area contributed by atoms with Crippen molar-refractivity contribution in [3.05, 3.63) is 0 Å². The van der Waals surface area contributed by atoms with Crippen molar-refractivity contribution in [2.45, 2.75) is 59.5 Å². The normalized spacial score (nSPS) is 13.2. The Balaban J connectivity index is 3.36. The van der Waals surface area contributed by atoms with E-state index in [-0.39, 0.29) is 17.9 Å². The highest BCUT2D eigenvalue weighted by Gasteiger charge is 2.07. The van der Waals surface area contributed by atoms with Gasteiger partial charge in [-0.2, -0.15) is 0 Å². The zero-order valence-electron chi connectivity index (χ0n) is 11.1. The van der Waals surface area contributed by atoms with E-state index >= 15 is 0 Å². The number of carbonyl (C=O) groups is 1. The number of hydrogen-bond donors (Lipinski definition) is 2. The highest BCUT2D eigenvalue weighted by molar-refractivity contribution is 5.77. The standard InChI is InChI=1S/C13H27NO2/c1-10(2)9-12(15)7-5-6-8-14-13(16)11(3)4/h10-12,15H,5-9H2,1-4H3,(H,14,16). The third kappa shape index (κ3) is 8.72. The van der Waals surface area contributed by atoms with Gasteiger partial charge >= 0.3 is 0 Å². The summed E-state index contributed by atoms with van der Waals surface area (Å²) in [4.78, 5) is 11.2. The van der Waals surface area contributed by atoms with Gasteiger partial charge < -0.3 is 10.4 Å². The SMILES string of the molecule is CC(C)CC(O)CCCCNC(=O)C(C)C. The van der Waals surface area contributed by atoms with E-state index in [4.69, 9.17) is 0 Å². The van der Waals surface area contributed by atoms with E-state index in [2.05, 4.69) is 19.2 Å². The molecule has 16 heavy (non-hydrogen) atoms. The van der Waals surface area contributed by atoms with E-state index in [9.17, 15) is 9.90 Å². The van der Waals surface area contributed by atoms with Crippen LogP contribution in [0.25, 0.3) is 0 Å². The van der Waals surface area contributed by atoms with Gasteiger partial charge in [0.15, 0.2) is 0 Å². The van der Waals surface area contributed by atoms with Gasteiger partial charge in [0.1, 0.15) is 0 Å². The summed E-state index contributed by atoms with van der Waals surface area (Å²) < 4.78 is 0. The van der Waals surface area contributed by atoms with E-state index < -0.39 is 0 Å². The fraction of sp³-hybridized carbons (Fsp3) is 0.923. The molecular weight excluding hydrogens is 202 g/mol. The summed E-state index contributed by atoms with van der Waals surface area (Å²) in [6, 6.07) is 0. The number of unbranched alkanes of at least 4 members (excludes halogenated alkanes) is 1. The maximum absolute atomic E-state index is 11.2. The number of aliphatic hydroxyl groups is 1. The molecule has 0 aliphatic rings. The molecule has 0 bridgehead atoms. The van der Waals surface area contributed by atoms with Gasteiger partial charge in [0.05, 0.1) is 6.10 Å². The van der Waals surface area contributed by atoms with Crippen LogP contribution in [-0.2, 0) is 4.79 Å². The lowest BCUT2D eigenvalue weighted by atomic mass is 10.0. The average molecular weight is 229 g/mol. The maximum Gasteiger partial charge on any atom is 0.222 e. The summed E-state index contributed by atoms with van der Waals surface area (Å²) >= 11 is 0. The lowest BCUT2D eigenvalue weighted by Gasteiger charge is -2.13. The van der Waals surface area contributed by atoms with Crippen molar-refractivity contribution in [2.24, 2.45) is 11.8 Å². The third-order valence-electron chi connectivity index (χ3n) is 2.53.